The third-order valence-corrected chi connectivity index (χ3v) is 3.22. The highest BCUT2D eigenvalue weighted by atomic mass is 19.4. The van der Waals surface area contributed by atoms with Gasteiger partial charge < -0.3 is 15.8 Å². The minimum Gasteiger partial charge on any atom is -0.406 e. The maximum absolute atomic E-state index is 12.3. The van der Waals surface area contributed by atoms with Gasteiger partial charge in [0.05, 0.1) is 5.52 Å². The number of benzene rings is 1. The van der Waals surface area contributed by atoms with Crippen LogP contribution in [0.5, 0.6) is 5.75 Å². The summed E-state index contributed by atoms with van der Waals surface area (Å²) < 4.78 is 40.8. The van der Waals surface area contributed by atoms with E-state index in [1.165, 1.54) is 30.6 Å². The zero-order valence-corrected chi connectivity index (χ0v) is 11.6. The number of pyridine rings is 1. The van der Waals surface area contributed by atoms with Gasteiger partial charge in [-0.25, -0.2) is 4.99 Å². The highest BCUT2D eigenvalue weighted by Gasteiger charge is 2.31. The van der Waals surface area contributed by atoms with Gasteiger partial charge in [-0.1, -0.05) is 0 Å². The normalized spacial score (nSPS) is 21.0. The quantitative estimate of drug-likeness (QED) is 0.781. The molecule has 0 spiro atoms. The number of nitrogens with one attached hydrogen (secondary N) is 1. The van der Waals surface area contributed by atoms with Gasteiger partial charge in [-0.2, -0.15) is 0 Å². The van der Waals surface area contributed by atoms with E-state index < -0.39 is 12.0 Å². The fourth-order valence-electron chi connectivity index (χ4n) is 2.21. The number of hydrogen-bond acceptors (Lipinski definition) is 6. The summed E-state index contributed by atoms with van der Waals surface area (Å²) in [6.07, 6.45) is -0.151. The Hall–Kier alpha value is -2.81. The van der Waals surface area contributed by atoms with Crippen LogP contribution in [0.3, 0.4) is 0 Å². The standard InChI is InChI=1S/C14H12F3N5O/c15-14(16,17)23-10-1-2-11-8(6-10)5-9(7-21-11)13(19)3-4-20-12(18)22-13/h1-7H,19H2,(H3,18,20,22). The number of ether oxygens (including phenoxy) is 1. The predicted molar refractivity (Wildman–Crippen MR) is 78.2 cm³/mol. The number of rotatable bonds is 2. The van der Waals surface area contributed by atoms with Gasteiger partial charge in [-0.05, 0) is 30.3 Å². The van der Waals surface area contributed by atoms with Gasteiger partial charge in [0.15, 0.2) is 11.6 Å². The smallest absolute Gasteiger partial charge is 0.406 e. The lowest BCUT2D eigenvalue weighted by molar-refractivity contribution is -0.274. The first-order valence-electron chi connectivity index (χ1n) is 6.50. The van der Waals surface area contributed by atoms with Crippen molar-refractivity contribution in [3.8, 4) is 5.75 Å². The minimum absolute atomic E-state index is 0.129. The molecule has 6 nitrogen and oxygen atoms in total. The Morgan fingerprint density at radius 1 is 1.22 bits per heavy atom. The molecule has 0 fully saturated rings. The van der Waals surface area contributed by atoms with E-state index in [1.807, 2.05) is 0 Å². The molecule has 1 aliphatic heterocycles. The van der Waals surface area contributed by atoms with Crippen molar-refractivity contribution in [1.29, 1.82) is 0 Å². The molecule has 1 aliphatic rings. The molecule has 0 aliphatic carbocycles. The third-order valence-electron chi connectivity index (χ3n) is 3.22. The molecule has 0 saturated heterocycles. The number of nitrogens with zero attached hydrogens (tertiary/aromatic N) is 2. The summed E-state index contributed by atoms with van der Waals surface area (Å²) in [7, 11) is 0. The first-order valence-corrected chi connectivity index (χ1v) is 6.50. The number of alkyl halides is 3. The first-order chi connectivity index (χ1) is 10.8. The molecular weight excluding hydrogens is 311 g/mol. The molecule has 23 heavy (non-hydrogen) atoms. The van der Waals surface area contributed by atoms with E-state index in [4.69, 9.17) is 11.5 Å². The summed E-state index contributed by atoms with van der Waals surface area (Å²) in [4.78, 5) is 8.28. The highest BCUT2D eigenvalue weighted by Crippen LogP contribution is 2.29. The topological polar surface area (TPSA) is 98.5 Å². The lowest BCUT2D eigenvalue weighted by Crippen LogP contribution is -2.42. The summed E-state index contributed by atoms with van der Waals surface area (Å²) in [5.74, 6) is -0.205. The summed E-state index contributed by atoms with van der Waals surface area (Å²) in [6.45, 7) is 0. The zero-order chi connectivity index (χ0) is 16.7. The van der Waals surface area contributed by atoms with Crippen LogP contribution in [0.1, 0.15) is 5.56 Å². The molecule has 3 rings (SSSR count). The molecule has 1 aromatic heterocycles. The Kier molecular flexibility index (Phi) is 3.37. The van der Waals surface area contributed by atoms with Crippen molar-refractivity contribution in [3.05, 3.63) is 48.3 Å². The van der Waals surface area contributed by atoms with E-state index in [0.717, 1.165) is 0 Å². The molecule has 120 valence electrons. The van der Waals surface area contributed by atoms with Crippen LogP contribution in [-0.2, 0) is 5.66 Å². The summed E-state index contributed by atoms with van der Waals surface area (Å²) >= 11 is 0. The number of aliphatic imine (C=N–C) groups is 1. The molecule has 2 heterocycles. The molecule has 9 heteroatoms. The van der Waals surface area contributed by atoms with Gasteiger partial charge in [-0.15, -0.1) is 13.2 Å². The SMILES string of the molecule is NC1=NC(N)(c2cnc3ccc(OC(F)(F)F)cc3c2)C=CN1. The van der Waals surface area contributed by atoms with E-state index in [1.54, 1.807) is 12.1 Å². The van der Waals surface area contributed by atoms with E-state index in [-0.39, 0.29) is 11.7 Å². The van der Waals surface area contributed by atoms with Crippen molar-refractivity contribution in [2.24, 2.45) is 16.5 Å². The van der Waals surface area contributed by atoms with Crippen LogP contribution in [0.4, 0.5) is 13.2 Å². The minimum atomic E-state index is -4.76. The lowest BCUT2D eigenvalue weighted by atomic mass is 10.0. The number of fused-ring (bicyclic) bond motifs is 1. The van der Waals surface area contributed by atoms with Gasteiger partial charge in [-0.3, -0.25) is 10.7 Å². The molecule has 0 bridgehead atoms. The Balaban J connectivity index is 2.04. The van der Waals surface area contributed by atoms with Crippen LogP contribution < -0.4 is 21.5 Å². The number of aromatic nitrogens is 1. The molecular formula is C14H12F3N5O. The number of nitrogens with two attached hydrogens (primary N) is 2. The third kappa shape index (κ3) is 3.19. The second kappa shape index (κ2) is 5.13. The summed E-state index contributed by atoms with van der Waals surface area (Å²) in [5.41, 5.74) is 11.5. The maximum Gasteiger partial charge on any atom is 0.573 e. The van der Waals surface area contributed by atoms with Gasteiger partial charge in [0.1, 0.15) is 5.75 Å². The second-order valence-electron chi connectivity index (χ2n) is 4.93. The molecule has 5 N–H and O–H groups in total. The van der Waals surface area contributed by atoms with Crippen LogP contribution >= 0.6 is 0 Å². The van der Waals surface area contributed by atoms with Gasteiger partial charge in [0.2, 0.25) is 0 Å². The van der Waals surface area contributed by atoms with E-state index >= 15 is 0 Å². The molecule has 0 saturated carbocycles. The van der Waals surface area contributed by atoms with Gasteiger partial charge in [0.25, 0.3) is 0 Å². The molecule has 1 atom stereocenters. The van der Waals surface area contributed by atoms with Crippen molar-refractivity contribution in [2.75, 3.05) is 0 Å². The van der Waals surface area contributed by atoms with Crippen LogP contribution in [0.15, 0.2) is 47.7 Å². The van der Waals surface area contributed by atoms with Crippen molar-refractivity contribution < 1.29 is 17.9 Å². The fraction of sp³-hybridized carbons (Fsp3) is 0.143. The number of hydrogen-bond donors (Lipinski definition) is 3. The average Bonchev–Trinajstić information content (AvgIpc) is 2.44. The average molecular weight is 323 g/mol. The van der Waals surface area contributed by atoms with Crippen molar-refractivity contribution in [2.45, 2.75) is 12.0 Å². The largest absolute Gasteiger partial charge is 0.573 e. The van der Waals surface area contributed by atoms with E-state index in [9.17, 15) is 13.2 Å². The fourth-order valence-corrected chi connectivity index (χ4v) is 2.21. The Bertz CT molecular complexity index is 818. The monoisotopic (exact) mass is 323 g/mol. The van der Waals surface area contributed by atoms with Crippen LogP contribution in [0.25, 0.3) is 10.9 Å². The Labute approximate surface area is 128 Å². The van der Waals surface area contributed by atoms with Crippen LogP contribution in [-0.4, -0.2) is 17.3 Å². The maximum atomic E-state index is 12.3. The van der Waals surface area contributed by atoms with Crippen molar-refractivity contribution in [3.63, 3.8) is 0 Å². The molecule has 1 aromatic carbocycles. The number of guanidine groups is 1. The lowest BCUT2D eigenvalue weighted by Gasteiger charge is -2.25. The molecule has 2 aromatic rings. The van der Waals surface area contributed by atoms with Crippen molar-refractivity contribution >= 4 is 16.9 Å². The second-order valence-corrected chi connectivity index (χ2v) is 4.93. The summed E-state index contributed by atoms with van der Waals surface area (Å²) in [5, 5.41) is 3.12. The highest BCUT2D eigenvalue weighted by molar-refractivity contribution is 5.82. The molecule has 0 amide bonds. The van der Waals surface area contributed by atoms with Gasteiger partial charge >= 0.3 is 6.36 Å². The molecule has 0 radical (unpaired) electrons. The first kappa shape index (κ1) is 15.1. The Morgan fingerprint density at radius 3 is 2.70 bits per heavy atom. The van der Waals surface area contributed by atoms with E-state index in [0.29, 0.717) is 16.5 Å². The van der Waals surface area contributed by atoms with E-state index in [2.05, 4.69) is 20.0 Å². The summed E-state index contributed by atoms with van der Waals surface area (Å²) in [6, 6.07) is 5.46. The van der Waals surface area contributed by atoms with Crippen molar-refractivity contribution in [1.82, 2.24) is 10.3 Å². The number of halogens is 3. The van der Waals surface area contributed by atoms with Gasteiger partial charge in [0, 0.05) is 23.3 Å². The van der Waals surface area contributed by atoms with Crippen LogP contribution in [0, 0.1) is 0 Å². The predicted octanol–water partition coefficient (Wildman–Crippen LogP) is 1.68. The Morgan fingerprint density at radius 2 is 2.00 bits per heavy atom. The molecule has 1 unspecified atom stereocenters. The zero-order valence-electron chi connectivity index (χ0n) is 11.6. The van der Waals surface area contributed by atoms with Crippen LogP contribution in [0.2, 0.25) is 0 Å².